The number of anilines is 2. The average Bonchev–Trinajstić information content (AvgIpc) is 2.46. The van der Waals surface area contributed by atoms with Crippen LogP contribution in [0.1, 0.15) is 20.7 Å². The van der Waals surface area contributed by atoms with E-state index in [1.54, 1.807) is 0 Å². The third-order valence-corrected chi connectivity index (χ3v) is 4.03. The zero-order valence-corrected chi connectivity index (χ0v) is 14.4. The summed E-state index contributed by atoms with van der Waals surface area (Å²) < 4.78 is 31.2. The third-order valence-electron chi connectivity index (χ3n) is 2.81. The minimum Gasteiger partial charge on any atom is -0.398 e. The molecule has 0 amide bonds. The van der Waals surface area contributed by atoms with Gasteiger partial charge in [-0.25, -0.2) is 18.4 Å². The summed E-state index contributed by atoms with van der Waals surface area (Å²) in [5, 5.41) is 0. The van der Waals surface area contributed by atoms with Crippen LogP contribution in [0.15, 0.2) is 33.2 Å². The van der Waals surface area contributed by atoms with E-state index in [1.165, 1.54) is 0 Å². The molecule has 0 unspecified atom stereocenters. The summed E-state index contributed by atoms with van der Waals surface area (Å²) in [6.07, 6.45) is 0. The van der Waals surface area contributed by atoms with Gasteiger partial charge in [-0.05, 0) is 56.1 Å². The maximum atomic E-state index is 13.3. The van der Waals surface area contributed by atoms with Gasteiger partial charge in [0.15, 0.2) is 0 Å². The Kier molecular flexibility index (Phi) is 5.00. The second-order valence-electron chi connectivity index (χ2n) is 4.38. The van der Waals surface area contributed by atoms with Crippen LogP contribution in [0.4, 0.5) is 20.2 Å². The van der Waals surface area contributed by atoms with Gasteiger partial charge in [-0.15, -0.1) is 0 Å². The van der Waals surface area contributed by atoms with Crippen LogP contribution in [-0.4, -0.2) is 11.9 Å². The minimum absolute atomic E-state index is 0.0184. The lowest BCUT2D eigenvalue weighted by molar-refractivity contribution is 0.0399. The number of esters is 2. The van der Waals surface area contributed by atoms with Crippen molar-refractivity contribution in [2.45, 2.75) is 0 Å². The van der Waals surface area contributed by atoms with Crippen LogP contribution in [0, 0.1) is 11.6 Å². The molecule has 0 spiro atoms. The van der Waals surface area contributed by atoms with Crippen LogP contribution in [0.3, 0.4) is 0 Å². The molecule has 0 saturated heterocycles. The Morgan fingerprint density at radius 3 is 1.52 bits per heavy atom. The van der Waals surface area contributed by atoms with Crippen LogP contribution in [0.2, 0.25) is 0 Å². The normalized spacial score (nSPS) is 10.4. The summed E-state index contributed by atoms with van der Waals surface area (Å²) in [4.78, 5) is 24.0. The zero-order valence-electron chi connectivity index (χ0n) is 11.2. The zero-order chi connectivity index (χ0) is 17.3. The van der Waals surface area contributed by atoms with Gasteiger partial charge in [0.05, 0.1) is 20.1 Å². The van der Waals surface area contributed by atoms with Crippen molar-refractivity contribution >= 4 is 55.2 Å². The first kappa shape index (κ1) is 17.4. The second-order valence-corrected chi connectivity index (χ2v) is 6.09. The topological polar surface area (TPSA) is 95.4 Å². The predicted octanol–water partition coefficient (Wildman–Crippen LogP) is 3.65. The number of carbonyl (C=O) groups excluding carboxylic acids is 2. The Labute approximate surface area is 145 Å². The monoisotopic (exact) mass is 448 g/mol. The fourth-order valence-electron chi connectivity index (χ4n) is 1.67. The molecule has 0 aliphatic heterocycles. The molecule has 0 saturated carbocycles. The number of benzene rings is 2. The molecule has 0 bridgehead atoms. The number of hydrogen-bond donors (Lipinski definition) is 2. The number of nitrogen functional groups attached to an aromatic ring is 2. The maximum Gasteiger partial charge on any atom is 0.348 e. The molecular weight excluding hydrogens is 442 g/mol. The molecular formula is C14H8Br2F2N2O3. The summed E-state index contributed by atoms with van der Waals surface area (Å²) >= 11 is 5.80. The van der Waals surface area contributed by atoms with E-state index in [1.807, 2.05) is 0 Å². The molecule has 0 heterocycles. The highest BCUT2D eigenvalue weighted by Crippen LogP contribution is 2.25. The van der Waals surface area contributed by atoms with E-state index < -0.39 is 23.6 Å². The Morgan fingerprint density at radius 1 is 0.826 bits per heavy atom. The number of rotatable bonds is 2. The number of ether oxygens (including phenoxy) is 1. The molecule has 2 rings (SSSR count). The molecule has 120 valence electrons. The van der Waals surface area contributed by atoms with E-state index in [0.717, 1.165) is 24.3 Å². The van der Waals surface area contributed by atoms with Crippen LogP contribution < -0.4 is 11.5 Å². The molecule has 9 heteroatoms. The van der Waals surface area contributed by atoms with Crippen molar-refractivity contribution < 1.29 is 23.1 Å². The molecule has 2 aromatic carbocycles. The van der Waals surface area contributed by atoms with E-state index in [-0.39, 0.29) is 31.4 Å². The summed E-state index contributed by atoms with van der Waals surface area (Å²) in [5.74, 6) is -3.52. The minimum atomic E-state index is -1.09. The molecule has 0 atom stereocenters. The maximum absolute atomic E-state index is 13.3. The van der Waals surface area contributed by atoms with Crippen LogP contribution in [-0.2, 0) is 4.74 Å². The standard InChI is InChI=1S/C14H8Br2F2N2O3/c15-7-1-5(11(19)3-9(7)17)13(21)23-14(22)6-2-8(16)10(18)4-12(6)20/h1-4H,19-20H2. The van der Waals surface area contributed by atoms with E-state index in [4.69, 9.17) is 11.5 Å². The van der Waals surface area contributed by atoms with Crippen molar-refractivity contribution in [3.05, 3.63) is 56.0 Å². The quantitative estimate of drug-likeness (QED) is 0.414. The molecule has 5 nitrogen and oxygen atoms in total. The lowest BCUT2D eigenvalue weighted by atomic mass is 10.1. The van der Waals surface area contributed by atoms with E-state index in [0.29, 0.717) is 0 Å². The van der Waals surface area contributed by atoms with Gasteiger partial charge >= 0.3 is 11.9 Å². The van der Waals surface area contributed by atoms with Crippen molar-refractivity contribution in [2.24, 2.45) is 0 Å². The fraction of sp³-hybridized carbons (Fsp3) is 0. The van der Waals surface area contributed by atoms with Crippen molar-refractivity contribution in [3.63, 3.8) is 0 Å². The molecule has 4 N–H and O–H groups in total. The number of nitrogens with two attached hydrogens (primary N) is 2. The summed E-state index contributed by atoms with van der Waals surface area (Å²) in [6.45, 7) is 0. The smallest absolute Gasteiger partial charge is 0.348 e. The first-order valence-corrected chi connectivity index (χ1v) is 7.55. The van der Waals surface area contributed by atoms with Crippen LogP contribution in [0.5, 0.6) is 0 Å². The Bertz CT molecular complexity index is 761. The van der Waals surface area contributed by atoms with Gasteiger partial charge in [0.2, 0.25) is 0 Å². The van der Waals surface area contributed by atoms with Crippen molar-refractivity contribution in [1.82, 2.24) is 0 Å². The molecule has 0 fully saturated rings. The van der Waals surface area contributed by atoms with Crippen molar-refractivity contribution in [2.75, 3.05) is 11.5 Å². The number of hydrogen-bond acceptors (Lipinski definition) is 5. The van der Waals surface area contributed by atoms with Gasteiger partial charge in [-0.1, -0.05) is 0 Å². The summed E-state index contributed by atoms with van der Waals surface area (Å²) in [5.41, 5.74) is 10.2. The first-order chi connectivity index (χ1) is 10.7. The van der Waals surface area contributed by atoms with Gasteiger partial charge < -0.3 is 16.2 Å². The van der Waals surface area contributed by atoms with Gasteiger partial charge in [0.1, 0.15) is 11.6 Å². The molecule has 0 aromatic heterocycles. The largest absolute Gasteiger partial charge is 0.398 e. The molecule has 0 radical (unpaired) electrons. The van der Waals surface area contributed by atoms with Crippen molar-refractivity contribution in [3.8, 4) is 0 Å². The van der Waals surface area contributed by atoms with Crippen molar-refractivity contribution in [1.29, 1.82) is 0 Å². The molecule has 23 heavy (non-hydrogen) atoms. The van der Waals surface area contributed by atoms with Gasteiger partial charge in [0.25, 0.3) is 0 Å². The van der Waals surface area contributed by atoms with Crippen LogP contribution in [0.25, 0.3) is 0 Å². The lowest BCUT2D eigenvalue weighted by Crippen LogP contribution is -2.16. The van der Waals surface area contributed by atoms with Gasteiger partial charge in [-0.3, -0.25) is 0 Å². The summed E-state index contributed by atoms with van der Waals surface area (Å²) in [7, 11) is 0. The molecule has 0 aliphatic rings. The number of halogens is 4. The second kappa shape index (κ2) is 6.63. The van der Waals surface area contributed by atoms with E-state index in [2.05, 4.69) is 36.6 Å². The first-order valence-electron chi connectivity index (χ1n) is 5.96. The highest BCUT2D eigenvalue weighted by molar-refractivity contribution is 9.10. The summed E-state index contributed by atoms with van der Waals surface area (Å²) in [6, 6.07) is 4.00. The Morgan fingerprint density at radius 2 is 1.17 bits per heavy atom. The van der Waals surface area contributed by atoms with Gasteiger partial charge in [0, 0.05) is 11.4 Å². The Balaban J connectivity index is 2.29. The average molecular weight is 450 g/mol. The molecule has 0 aliphatic carbocycles. The highest BCUT2D eigenvalue weighted by atomic mass is 79.9. The lowest BCUT2D eigenvalue weighted by Gasteiger charge is -2.09. The van der Waals surface area contributed by atoms with Crippen LogP contribution >= 0.6 is 31.9 Å². The highest BCUT2D eigenvalue weighted by Gasteiger charge is 2.21. The SMILES string of the molecule is Nc1cc(F)c(Br)cc1C(=O)OC(=O)c1cc(Br)c(F)cc1N. The number of carbonyl (C=O) groups is 2. The fourth-order valence-corrected chi connectivity index (χ4v) is 2.36. The van der Waals surface area contributed by atoms with Gasteiger partial charge in [-0.2, -0.15) is 0 Å². The van der Waals surface area contributed by atoms with E-state index in [9.17, 15) is 18.4 Å². The predicted molar refractivity (Wildman–Crippen MR) is 86.8 cm³/mol. The Hall–Kier alpha value is -2.00. The van der Waals surface area contributed by atoms with E-state index >= 15 is 0 Å². The third kappa shape index (κ3) is 3.67. The molecule has 2 aromatic rings.